The molecular formula is C60H67N12O21S2Tb. The zero-order chi connectivity index (χ0) is 68.7. The first-order valence-electron chi connectivity index (χ1n) is 29.9. The maximum atomic E-state index is 14.3. The number of carbonyl (C=O) groups excluding carboxylic acids is 11. The van der Waals surface area contributed by atoms with Gasteiger partial charge in [-0.1, -0.05) is 71.9 Å². The van der Waals surface area contributed by atoms with Gasteiger partial charge >= 0.3 is 44.6 Å². The molecule has 0 spiro atoms. The number of nitrogens with one attached hydrogen (secondary N) is 9. The molecule has 0 aliphatic carbocycles. The SMILES string of the molecule is O=C(CNS(=O)(=O)c1cc2c([O-])c(c1)C(=O)NCCN1CCNC(=O)c3cccc(c3[O-])C(=O)NCCC(/C=C/C3CCNC(=O)c4cccc(c4[O-])C(=O)NCCN(CCNC(=O)c4cccc(c4O)C(=O)NCC3)CC1)CCNC2=O)ON1C(=O)CC(S(=O)(=O)O)C1=O.[Tb+3]. The van der Waals surface area contributed by atoms with Gasteiger partial charge < -0.3 is 67.8 Å². The number of nitrogens with zero attached hydrogens (tertiary/aromatic N) is 3. The molecule has 5 atom stereocenters. The zero-order valence-electron chi connectivity index (χ0n) is 51.0. The third kappa shape index (κ3) is 19.2. The van der Waals surface area contributed by atoms with Crippen LogP contribution in [0.4, 0.5) is 0 Å². The number of sulfonamides is 1. The molecule has 11 N–H and O–H groups in total. The van der Waals surface area contributed by atoms with Crippen molar-refractivity contribution in [3.05, 3.63) is 123 Å². The molecule has 4 aromatic rings. The van der Waals surface area contributed by atoms with Crippen molar-refractivity contribution < 1.29 is 138 Å². The number of hydrogen-bond donors (Lipinski definition) is 11. The summed E-state index contributed by atoms with van der Waals surface area (Å²) in [5.41, 5.74) is -3.68. The van der Waals surface area contributed by atoms with Crippen molar-refractivity contribution >= 4 is 85.2 Å². The summed E-state index contributed by atoms with van der Waals surface area (Å²) in [6.45, 7) is -2.94. The topological polar surface area (TPSA) is 493 Å². The second-order valence-corrected chi connectivity index (χ2v) is 25.6. The van der Waals surface area contributed by atoms with E-state index in [1.807, 2.05) is 4.72 Å². The van der Waals surface area contributed by atoms with E-state index in [9.17, 15) is 94.6 Å². The van der Waals surface area contributed by atoms with Crippen molar-refractivity contribution in [2.45, 2.75) is 42.2 Å². The number of amides is 10. The predicted octanol–water partition coefficient (Wildman–Crippen LogP) is -3.70. The third-order valence-corrected chi connectivity index (χ3v) is 18.3. The van der Waals surface area contributed by atoms with Crippen LogP contribution in [0, 0.1) is 50.4 Å². The van der Waals surface area contributed by atoms with Gasteiger partial charge in [0.05, 0.1) is 22.4 Å². The number of benzene rings is 4. The van der Waals surface area contributed by atoms with Crippen LogP contribution in [-0.2, 0) is 39.4 Å². The van der Waals surface area contributed by atoms with Crippen LogP contribution in [-0.4, -0.2) is 210 Å². The molecule has 36 heteroatoms. The number of hydroxylamine groups is 2. The summed E-state index contributed by atoms with van der Waals surface area (Å²) < 4.78 is 62.5. The number of carbonyl (C=O) groups is 11. The zero-order valence-corrected chi connectivity index (χ0v) is 54.8. The van der Waals surface area contributed by atoms with Crippen molar-refractivity contribution in [3.8, 4) is 23.0 Å². The fraction of sp³-hybridized carbons (Fsp3) is 0.383. The second-order valence-electron chi connectivity index (χ2n) is 22.2. The molecule has 0 radical (unpaired) electrons. The Hall–Kier alpha value is -8.78. The molecule has 5 unspecified atom stereocenters. The molecule has 5 aliphatic heterocycles. The maximum Gasteiger partial charge on any atom is 3.00 e. The molecule has 514 valence electrons. The van der Waals surface area contributed by atoms with Gasteiger partial charge in [-0.2, -0.15) is 13.1 Å². The standard InChI is InChI=1S/C60H70N12O21S2.Tb/c73-46-32-45(95(90,91)92)60(87)72(46)93-47(74)33-69-94(88,89)36-30-43-51(78)44(31-36)59(86)68-23-27-71-26-22-67-57(84)42-9-3-6-39(50(42)77)54(81)63-18-14-35(15-19-64-58(43)85)11-10-34-12-16-61-52(79)37-4-1-7-40(48(37)75)55(82)65-20-24-70(28-29-71)25-21-66-56(83)41-8-2-5-38(49(41)76)53(80)62-17-13-34;/h1-11,30-31,34-35,45,69,75-78H,12-29,32-33H2,(H,61,79)(H,62,80)(H,63,81)(H,64,85)(H,65,82)(H,66,83)(H,67,84)(H,68,86)(H,90,91,92);/q;+3/p-3/b11-10+;. The van der Waals surface area contributed by atoms with Crippen molar-refractivity contribution in [1.29, 1.82) is 0 Å². The molecule has 5 aliphatic rings. The molecule has 1 saturated heterocycles. The third-order valence-electron chi connectivity index (χ3n) is 15.9. The maximum absolute atomic E-state index is 14.3. The Morgan fingerprint density at radius 1 is 0.490 bits per heavy atom. The number of hydrogen-bond acceptors (Lipinski definition) is 22. The van der Waals surface area contributed by atoms with Crippen LogP contribution in [0.15, 0.2) is 83.8 Å². The first-order valence-corrected chi connectivity index (χ1v) is 32.9. The van der Waals surface area contributed by atoms with Crippen LogP contribution in [0.5, 0.6) is 23.0 Å². The van der Waals surface area contributed by atoms with Gasteiger partial charge in [-0.25, -0.2) is 13.2 Å². The summed E-state index contributed by atoms with van der Waals surface area (Å²) in [6.07, 6.45) is 2.51. The average Bonchev–Trinajstić information content (AvgIpc) is 0.895. The van der Waals surface area contributed by atoms with E-state index < -0.39 is 154 Å². The predicted molar refractivity (Wildman–Crippen MR) is 325 cm³/mol. The van der Waals surface area contributed by atoms with E-state index in [-0.39, 0.29) is 194 Å². The minimum atomic E-state index is -5.14. The molecule has 10 amide bonds. The normalized spacial score (nSPS) is 21.8. The Morgan fingerprint density at radius 3 is 1.15 bits per heavy atom. The molecule has 96 heavy (non-hydrogen) atoms. The van der Waals surface area contributed by atoms with Crippen molar-refractivity contribution in [1.82, 2.24) is 62.1 Å². The number of aromatic hydroxyl groups is 1. The Bertz CT molecular complexity index is 3880. The molecule has 9 rings (SSSR count). The summed E-state index contributed by atoms with van der Waals surface area (Å²) in [5.74, 6) is -16.8. The Balaban J connectivity index is 0.0000130. The van der Waals surface area contributed by atoms with E-state index in [2.05, 4.69) is 47.4 Å². The molecule has 1 fully saturated rings. The number of phenolic OH excluding ortho intramolecular Hbond substituents is 1. The van der Waals surface area contributed by atoms with Gasteiger partial charge in [0.2, 0.25) is 10.0 Å². The van der Waals surface area contributed by atoms with Gasteiger partial charge in [-0.15, -0.1) is 5.06 Å². The number of para-hydroxylation sites is 3. The molecule has 0 aromatic heterocycles. The molecule has 33 nitrogen and oxygen atoms in total. The molecule has 12 bridgehead atoms. The van der Waals surface area contributed by atoms with E-state index >= 15 is 0 Å². The molecular weight excluding hydrogens is 1450 g/mol. The average molecular weight is 1520 g/mol. The number of phenols is 1. The number of rotatable bonds is 6. The number of fused-ring (bicyclic) bond motifs is 15. The van der Waals surface area contributed by atoms with Crippen LogP contribution in [0.3, 0.4) is 0 Å². The molecule has 0 saturated carbocycles. The monoisotopic (exact) mass is 1510 g/mol. The van der Waals surface area contributed by atoms with Gasteiger partial charge in [0.25, 0.3) is 69.2 Å². The quantitative estimate of drug-likeness (QED) is 0.0503. The van der Waals surface area contributed by atoms with Crippen LogP contribution < -0.4 is 62.6 Å². The van der Waals surface area contributed by atoms with Crippen molar-refractivity contribution in [3.63, 3.8) is 0 Å². The second kappa shape index (κ2) is 33.7. The summed E-state index contributed by atoms with van der Waals surface area (Å²) in [4.78, 5) is 156. The van der Waals surface area contributed by atoms with Gasteiger partial charge in [0, 0.05) is 125 Å². The van der Waals surface area contributed by atoms with Gasteiger partial charge in [0.1, 0.15) is 12.3 Å². The van der Waals surface area contributed by atoms with Gasteiger partial charge in [0.15, 0.2) is 5.25 Å². The largest absolute Gasteiger partial charge is 3.00 e. The minimum Gasteiger partial charge on any atom is -0.871 e. The number of allylic oxidation sites excluding steroid dienone is 2. The van der Waals surface area contributed by atoms with Gasteiger partial charge in [-0.3, -0.25) is 62.3 Å². The molecule has 4 aromatic carbocycles. The van der Waals surface area contributed by atoms with Crippen molar-refractivity contribution in [2.24, 2.45) is 11.8 Å². The first-order chi connectivity index (χ1) is 45.2. The van der Waals surface area contributed by atoms with E-state index in [1.54, 1.807) is 22.0 Å². The summed E-state index contributed by atoms with van der Waals surface area (Å²) in [7, 11) is -10.2. The smallest absolute Gasteiger partial charge is 0.871 e. The Morgan fingerprint density at radius 2 is 0.802 bits per heavy atom. The van der Waals surface area contributed by atoms with E-state index in [1.165, 1.54) is 54.6 Å². The van der Waals surface area contributed by atoms with Crippen LogP contribution in [0.25, 0.3) is 0 Å². The molecule has 5 heterocycles. The van der Waals surface area contributed by atoms with Crippen LogP contribution in [0.2, 0.25) is 0 Å². The fourth-order valence-corrected chi connectivity index (χ4v) is 12.3. The van der Waals surface area contributed by atoms with Gasteiger partial charge in [-0.05, 0) is 61.8 Å². The van der Waals surface area contributed by atoms with E-state index in [0.717, 1.165) is 0 Å². The summed E-state index contributed by atoms with van der Waals surface area (Å²) in [5, 5.41) is 71.9. The summed E-state index contributed by atoms with van der Waals surface area (Å²) in [6, 6.07) is 13.0. The Kier molecular flexibility index (Phi) is 26.2. The van der Waals surface area contributed by atoms with E-state index in [4.69, 9.17) is 0 Å². The van der Waals surface area contributed by atoms with E-state index in [0.29, 0.717) is 12.1 Å². The first kappa shape index (κ1) is 74.6. The Labute approximate surface area is 580 Å². The summed E-state index contributed by atoms with van der Waals surface area (Å²) >= 11 is 0. The fourth-order valence-electron chi connectivity index (χ4n) is 10.6. The minimum absolute atomic E-state index is 0. The number of imide groups is 1. The van der Waals surface area contributed by atoms with Crippen LogP contribution in [0.1, 0.15) is 115 Å². The van der Waals surface area contributed by atoms with Crippen LogP contribution >= 0.6 is 0 Å². The van der Waals surface area contributed by atoms with Crippen molar-refractivity contribution in [2.75, 3.05) is 98.2 Å².